The molecular weight excluding hydrogens is 316 g/mol. The number of hydrogen-bond acceptors (Lipinski definition) is 5. The van der Waals surface area contributed by atoms with Crippen molar-refractivity contribution in [3.8, 4) is 22.7 Å². The number of phenols is 1. The number of anilines is 1. The van der Waals surface area contributed by atoms with Crippen molar-refractivity contribution in [3.05, 3.63) is 65.1 Å². The number of para-hydroxylation sites is 2. The van der Waals surface area contributed by atoms with Gasteiger partial charge in [0.2, 0.25) is 0 Å². The lowest BCUT2D eigenvalue weighted by Gasteiger charge is -2.22. The average Bonchev–Trinajstić information content (AvgIpc) is 2.64. The summed E-state index contributed by atoms with van der Waals surface area (Å²) in [5.41, 5.74) is 1.20. The maximum Gasteiger partial charge on any atom is 0.370 e. The highest BCUT2D eigenvalue weighted by molar-refractivity contribution is 5.76. The Morgan fingerprint density at radius 3 is 2.28 bits per heavy atom. The second-order valence-electron chi connectivity index (χ2n) is 5.50. The van der Waals surface area contributed by atoms with Crippen molar-refractivity contribution in [1.29, 1.82) is 0 Å². The number of benzene rings is 2. The Balaban J connectivity index is 2.29. The van der Waals surface area contributed by atoms with Gasteiger partial charge in [0, 0.05) is 18.7 Å². The van der Waals surface area contributed by atoms with Crippen LogP contribution in [0, 0.1) is 0 Å². The summed E-state index contributed by atoms with van der Waals surface area (Å²) in [6.45, 7) is 5.34. The zero-order valence-corrected chi connectivity index (χ0v) is 14.3. The number of rotatable bonds is 5. The molecular formula is C19H20N4O2. The fraction of sp³-hybridized carbons (Fsp3) is 0.211. The smallest absolute Gasteiger partial charge is 0.370 e. The SMILES string of the molecule is CCN(CC)c1nc(=O)n(-c2ccccc2)nc1-c1ccccc1O. The predicted molar refractivity (Wildman–Crippen MR) is 98.3 cm³/mol. The molecule has 0 unspecified atom stereocenters. The first-order valence-corrected chi connectivity index (χ1v) is 8.25. The molecule has 0 bridgehead atoms. The molecule has 128 valence electrons. The fourth-order valence-corrected chi connectivity index (χ4v) is 2.71. The zero-order valence-electron chi connectivity index (χ0n) is 14.3. The van der Waals surface area contributed by atoms with Crippen LogP contribution < -0.4 is 10.6 Å². The lowest BCUT2D eigenvalue weighted by Crippen LogP contribution is -2.31. The summed E-state index contributed by atoms with van der Waals surface area (Å²) >= 11 is 0. The molecule has 1 heterocycles. The minimum Gasteiger partial charge on any atom is -0.507 e. The van der Waals surface area contributed by atoms with Gasteiger partial charge >= 0.3 is 5.69 Å². The summed E-state index contributed by atoms with van der Waals surface area (Å²) in [4.78, 5) is 18.8. The van der Waals surface area contributed by atoms with Crippen LogP contribution in [0.15, 0.2) is 59.4 Å². The maximum atomic E-state index is 12.5. The van der Waals surface area contributed by atoms with Gasteiger partial charge < -0.3 is 10.0 Å². The molecule has 0 atom stereocenters. The molecule has 6 nitrogen and oxygen atoms in total. The summed E-state index contributed by atoms with van der Waals surface area (Å²) in [6.07, 6.45) is 0. The normalized spacial score (nSPS) is 10.6. The monoisotopic (exact) mass is 336 g/mol. The lowest BCUT2D eigenvalue weighted by atomic mass is 10.1. The predicted octanol–water partition coefficient (Wildman–Crippen LogP) is 2.85. The van der Waals surface area contributed by atoms with E-state index in [4.69, 9.17) is 0 Å². The summed E-state index contributed by atoms with van der Waals surface area (Å²) in [7, 11) is 0. The van der Waals surface area contributed by atoms with E-state index in [0.717, 1.165) is 0 Å². The van der Waals surface area contributed by atoms with E-state index >= 15 is 0 Å². The van der Waals surface area contributed by atoms with Crippen molar-refractivity contribution in [3.63, 3.8) is 0 Å². The Labute approximate surface area is 146 Å². The van der Waals surface area contributed by atoms with Crippen LogP contribution in [0.3, 0.4) is 0 Å². The Hall–Kier alpha value is -3.15. The molecule has 0 amide bonds. The standard InChI is InChI=1S/C19H20N4O2/c1-3-22(4-2)18-17(15-12-8-9-13-16(15)24)21-23(19(25)20-18)14-10-6-5-7-11-14/h5-13,24H,3-4H2,1-2H3. The number of aromatic nitrogens is 3. The Morgan fingerprint density at radius 1 is 1.00 bits per heavy atom. The summed E-state index contributed by atoms with van der Waals surface area (Å²) in [6, 6.07) is 16.1. The molecule has 0 aliphatic carbocycles. The van der Waals surface area contributed by atoms with Gasteiger partial charge in [-0.05, 0) is 38.1 Å². The third-order valence-corrected chi connectivity index (χ3v) is 4.02. The van der Waals surface area contributed by atoms with E-state index in [1.54, 1.807) is 30.3 Å². The van der Waals surface area contributed by atoms with Gasteiger partial charge in [0.1, 0.15) is 11.4 Å². The van der Waals surface area contributed by atoms with Crippen molar-refractivity contribution in [2.24, 2.45) is 0 Å². The van der Waals surface area contributed by atoms with Crippen LogP contribution in [0.25, 0.3) is 16.9 Å². The van der Waals surface area contributed by atoms with E-state index in [0.29, 0.717) is 35.9 Å². The molecule has 2 aromatic carbocycles. The van der Waals surface area contributed by atoms with Crippen molar-refractivity contribution in [1.82, 2.24) is 14.8 Å². The molecule has 0 saturated carbocycles. The highest BCUT2D eigenvalue weighted by Gasteiger charge is 2.19. The Morgan fingerprint density at radius 2 is 1.64 bits per heavy atom. The van der Waals surface area contributed by atoms with Gasteiger partial charge in [-0.25, -0.2) is 4.79 Å². The van der Waals surface area contributed by atoms with Crippen molar-refractivity contribution in [2.45, 2.75) is 13.8 Å². The minimum atomic E-state index is -0.452. The van der Waals surface area contributed by atoms with Gasteiger partial charge in [0.15, 0.2) is 5.82 Å². The number of aromatic hydroxyl groups is 1. The third kappa shape index (κ3) is 3.24. The number of nitrogens with zero attached hydrogens (tertiary/aromatic N) is 4. The first kappa shape index (κ1) is 16.7. The number of hydrogen-bond donors (Lipinski definition) is 1. The average molecular weight is 336 g/mol. The topological polar surface area (TPSA) is 71.2 Å². The van der Waals surface area contributed by atoms with E-state index in [-0.39, 0.29) is 5.75 Å². The van der Waals surface area contributed by atoms with Crippen molar-refractivity contribution >= 4 is 5.82 Å². The van der Waals surface area contributed by atoms with Gasteiger partial charge in [0.05, 0.1) is 5.69 Å². The van der Waals surface area contributed by atoms with E-state index in [1.807, 2.05) is 43.0 Å². The van der Waals surface area contributed by atoms with E-state index < -0.39 is 5.69 Å². The zero-order chi connectivity index (χ0) is 17.8. The summed E-state index contributed by atoms with van der Waals surface area (Å²) < 4.78 is 1.26. The van der Waals surface area contributed by atoms with E-state index in [1.165, 1.54) is 4.68 Å². The first-order valence-electron chi connectivity index (χ1n) is 8.25. The molecule has 3 rings (SSSR count). The molecule has 25 heavy (non-hydrogen) atoms. The second-order valence-corrected chi connectivity index (χ2v) is 5.50. The van der Waals surface area contributed by atoms with Crippen LogP contribution in [-0.2, 0) is 0 Å². The van der Waals surface area contributed by atoms with Gasteiger partial charge in [-0.15, -0.1) is 0 Å². The minimum absolute atomic E-state index is 0.100. The van der Waals surface area contributed by atoms with Crippen LogP contribution in [0.5, 0.6) is 5.75 Å². The molecule has 0 aliphatic rings. The molecule has 3 aromatic rings. The molecule has 1 N–H and O–H groups in total. The van der Waals surface area contributed by atoms with Crippen LogP contribution >= 0.6 is 0 Å². The maximum absolute atomic E-state index is 12.5. The number of phenolic OH excluding ortho intramolecular Hbond substituents is 1. The molecule has 6 heteroatoms. The van der Waals surface area contributed by atoms with Crippen LogP contribution in [0.1, 0.15) is 13.8 Å². The second kappa shape index (κ2) is 7.17. The van der Waals surface area contributed by atoms with Crippen LogP contribution in [-0.4, -0.2) is 33.0 Å². The molecule has 0 radical (unpaired) electrons. The van der Waals surface area contributed by atoms with Gasteiger partial charge in [-0.2, -0.15) is 14.8 Å². The quantitative estimate of drug-likeness (QED) is 0.776. The lowest BCUT2D eigenvalue weighted by molar-refractivity contribution is 0.477. The van der Waals surface area contributed by atoms with Gasteiger partial charge in [-0.3, -0.25) is 0 Å². The molecule has 0 aliphatic heterocycles. The first-order chi connectivity index (χ1) is 12.2. The van der Waals surface area contributed by atoms with Gasteiger partial charge in [-0.1, -0.05) is 30.3 Å². The summed E-state index contributed by atoms with van der Waals surface area (Å²) in [5.74, 6) is 0.576. The third-order valence-electron chi connectivity index (χ3n) is 4.02. The Kier molecular flexibility index (Phi) is 4.79. The highest BCUT2D eigenvalue weighted by Crippen LogP contribution is 2.32. The van der Waals surface area contributed by atoms with Crippen molar-refractivity contribution < 1.29 is 5.11 Å². The fourth-order valence-electron chi connectivity index (χ4n) is 2.71. The van der Waals surface area contributed by atoms with E-state index in [2.05, 4.69) is 10.1 Å². The van der Waals surface area contributed by atoms with Gasteiger partial charge in [0.25, 0.3) is 0 Å². The van der Waals surface area contributed by atoms with Crippen molar-refractivity contribution in [2.75, 3.05) is 18.0 Å². The van der Waals surface area contributed by atoms with E-state index in [9.17, 15) is 9.90 Å². The van der Waals surface area contributed by atoms with Crippen LogP contribution in [0.2, 0.25) is 0 Å². The van der Waals surface area contributed by atoms with Crippen LogP contribution in [0.4, 0.5) is 5.82 Å². The molecule has 0 fully saturated rings. The Bertz CT molecular complexity index is 918. The molecule has 1 aromatic heterocycles. The molecule has 0 saturated heterocycles. The highest BCUT2D eigenvalue weighted by atomic mass is 16.3. The largest absolute Gasteiger partial charge is 0.507 e. The molecule has 0 spiro atoms. The summed E-state index contributed by atoms with van der Waals surface area (Å²) in [5, 5.41) is 14.8.